The molecule has 0 saturated carbocycles. The predicted molar refractivity (Wildman–Crippen MR) is 103 cm³/mol. The van der Waals surface area contributed by atoms with Crippen molar-refractivity contribution in [2.75, 3.05) is 25.5 Å². The highest BCUT2D eigenvalue weighted by Crippen LogP contribution is 2.22. The molecule has 2 aromatic heterocycles. The molecule has 0 radical (unpaired) electrons. The van der Waals surface area contributed by atoms with Gasteiger partial charge in [0.25, 0.3) is 11.5 Å². The smallest absolute Gasteiger partial charge is 0.272 e. The van der Waals surface area contributed by atoms with Gasteiger partial charge in [0.2, 0.25) is 5.95 Å². The van der Waals surface area contributed by atoms with Gasteiger partial charge in [0.15, 0.2) is 0 Å². The Morgan fingerprint density at radius 3 is 2.71 bits per heavy atom. The average molecular weight is 380 g/mol. The van der Waals surface area contributed by atoms with Crippen LogP contribution in [0.3, 0.4) is 0 Å². The number of hydrogen-bond donors (Lipinski definition) is 3. The van der Waals surface area contributed by atoms with Crippen molar-refractivity contribution in [3.63, 3.8) is 0 Å². The second-order valence-electron chi connectivity index (χ2n) is 6.90. The third-order valence-electron chi connectivity index (χ3n) is 4.74. The number of aromatic nitrogens is 4. The van der Waals surface area contributed by atoms with Crippen LogP contribution in [0.4, 0.5) is 5.95 Å². The number of amides is 1. The second kappa shape index (κ2) is 6.84. The van der Waals surface area contributed by atoms with Crippen LogP contribution in [0.25, 0.3) is 11.3 Å². The minimum atomic E-state index is -0.198. The van der Waals surface area contributed by atoms with Crippen LogP contribution < -0.4 is 10.5 Å². The zero-order valence-electron chi connectivity index (χ0n) is 15.6. The fourth-order valence-corrected chi connectivity index (χ4v) is 3.19. The van der Waals surface area contributed by atoms with Gasteiger partial charge in [-0.2, -0.15) is 5.10 Å². The molecule has 3 N–H and O–H groups in total. The Labute approximate surface area is 160 Å². The summed E-state index contributed by atoms with van der Waals surface area (Å²) in [7, 11) is 3.59. The molecule has 0 aliphatic carbocycles. The van der Waals surface area contributed by atoms with Crippen LogP contribution in [-0.2, 0) is 13.0 Å². The predicted octanol–water partition coefficient (Wildman–Crippen LogP) is 1.13. The van der Waals surface area contributed by atoms with Gasteiger partial charge in [0.1, 0.15) is 11.4 Å². The van der Waals surface area contributed by atoms with E-state index in [1.54, 1.807) is 54.2 Å². The Bertz CT molecular complexity index is 1080. The van der Waals surface area contributed by atoms with Crippen molar-refractivity contribution in [1.82, 2.24) is 25.1 Å². The number of H-pyrrole nitrogens is 2. The minimum absolute atomic E-state index is 0.156. The molecule has 1 amide bonds. The van der Waals surface area contributed by atoms with Crippen molar-refractivity contribution in [3.05, 3.63) is 57.6 Å². The number of fused-ring (bicyclic) bond motifs is 1. The number of aromatic amines is 2. The molecular weight excluding hydrogens is 360 g/mol. The van der Waals surface area contributed by atoms with Crippen molar-refractivity contribution in [1.29, 1.82) is 0 Å². The highest BCUT2D eigenvalue weighted by atomic mass is 16.3. The fraction of sp³-hybridized carbons (Fsp3) is 0.263. The van der Waals surface area contributed by atoms with Crippen LogP contribution in [0.5, 0.6) is 5.75 Å². The Balaban J connectivity index is 1.57. The first-order valence-electron chi connectivity index (χ1n) is 8.86. The quantitative estimate of drug-likeness (QED) is 0.627. The molecule has 9 heteroatoms. The summed E-state index contributed by atoms with van der Waals surface area (Å²) in [6, 6.07) is 8.28. The van der Waals surface area contributed by atoms with Gasteiger partial charge in [-0.3, -0.25) is 19.7 Å². The number of nitrogens with one attached hydrogen (secondary N) is 2. The molecule has 0 unspecified atom stereocenters. The molecule has 1 aliphatic rings. The SMILES string of the molecule is CN(C)c1nc2c(c(=O)[nH]1)CCN(C(=O)c1cc(-c3ccc(O)cc3)n[nH]1)C2. The van der Waals surface area contributed by atoms with E-state index in [2.05, 4.69) is 20.2 Å². The average Bonchev–Trinajstić information content (AvgIpc) is 3.17. The molecule has 4 rings (SSSR count). The van der Waals surface area contributed by atoms with Gasteiger partial charge in [0, 0.05) is 31.8 Å². The van der Waals surface area contributed by atoms with E-state index >= 15 is 0 Å². The first kappa shape index (κ1) is 17.8. The maximum Gasteiger partial charge on any atom is 0.272 e. The maximum absolute atomic E-state index is 12.9. The number of benzene rings is 1. The van der Waals surface area contributed by atoms with Crippen molar-refractivity contribution in [2.45, 2.75) is 13.0 Å². The number of hydrogen-bond acceptors (Lipinski definition) is 6. The number of aromatic hydroxyl groups is 1. The molecule has 0 atom stereocenters. The molecule has 3 heterocycles. The number of phenols is 1. The summed E-state index contributed by atoms with van der Waals surface area (Å²) in [6.45, 7) is 0.706. The standard InChI is InChI=1S/C19H20N6O3/c1-24(2)19-20-16-10-25(8-7-13(16)17(27)21-19)18(28)15-9-14(22-23-15)11-3-5-12(26)6-4-11/h3-6,9,26H,7-8,10H2,1-2H3,(H,22,23)(H,20,21,27). The van der Waals surface area contributed by atoms with Crippen molar-refractivity contribution in [3.8, 4) is 17.0 Å². The normalized spacial score (nSPS) is 13.3. The summed E-state index contributed by atoms with van der Waals surface area (Å²) in [4.78, 5) is 35.8. The lowest BCUT2D eigenvalue weighted by molar-refractivity contribution is 0.0725. The van der Waals surface area contributed by atoms with Crippen LogP contribution in [0.2, 0.25) is 0 Å². The summed E-state index contributed by atoms with van der Waals surface area (Å²) in [5.41, 5.74) is 2.86. The lowest BCUT2D eigenvalue weighted by Crippen LogP contribution is -2.39. The zero-order valence-corrected chi connectivity index (χ0v) is 15.6. The molecule has 0 saturated heterocycles. The van der Waals surface area contributed by atoms with E-state index in [9.17, 15) is 14.7 Å². The number of carbonyl (C=O) groups is 1. The van der Waals surface area contributed by atoms with Gasteiger partial charge in [-0.1, -0.05) is 0 Å². The third kappa shape index (κ3) is 3.22. The monoisotopic (exact) mass is 380 g/mol. The van der Waals surface area contributed by atoms with Gasteiger partial charge < -0.3 is 14.9 Å². The van der Waals surface area contributed by atoms with E-state index in [1.807, 2.05) is 0 Å². The van der Waals surface area contributed by atoms with Crippen molar-refractivity contribution >= 4 is 11.9 Å². The summed E-state index contributed by atoms with van der Waals surface area (Å²) < 4.78 is 0. The number of carbonyl (C=O) groups excluding carboxylic acids is 1. The Morgan fingerprint density at radius 1 is 1.25 bits per heavy atom. The highest BCUT2D eigenvalue weighted by Gasteiger charge is 2.26. The highest BCUT2D eigenvalue weighted by molar-refractivity contribution is 5.93. The van der Waals surface area contributed by atoms with Crippen molar-refractivity contribution < 1.29 is 9.90 Å². The Kier molecular flexibility index (Phi) is 4.34. The summed E-state index contributed by atoms with van der Waals surface area (Å²) in [5.74, 6) is 0.438. The van der Waals surface area contributed by atoms with Gasteiger partial charge in [-0.05, 0) is 36.8 Å². The number of anilines is 1. The van der Waals surface area contributed by atoms with Crippen LogP contribution in [0.15, 0.2) is 35.1 Å². The summed E-state index contributed by atoms with van der Waals surface area (Å²) >= 11 is 0. The second-order valence-corrected chi connectivity index (χ2v) is 6.90. The number of rotatable bonds is 3. The molecule has 1 aliphatic heterocycles. The van der Waals surface area contributed by atoms with E-state index in [0.717, 1.165) is 5.56 Å². The molecular formula is C19H20N6O3. The largest absolute Gasteiger partial charge is 0.508 e. The van der Waals surface area contributed by atoms with E-state index in [0.29, 0.717) is 41.6 Å². The van der Waals surface area contributed by atoms with Gasteiger partial charge in [-0.15, -0.1) is 0 Å². The van der Waals surface area contributed by atoms with Crippen LogP contribution in [-0.4, -0.2) is 56.7 Å². The minimum Gasteiger partial charge on any atom is -0.508 e. The molecule has 9 nitrogen and oxygen atoms in total. The molecule has 0 spiro atoms. The number of phenolic OH excluding ortho intramolecular Hbond substituents is 1. The number of nitrogens with zero attached hydrogens (tertiary/aromatic N) is 4. The lowest BCUT2D eigenvalue weighted by atomic mass is 10.1. The maximum atomic E-state index is 12.9. The lowest BCUT2D eigenvalue weighted by Gasteiger charge is -2.27. The molecule has 1 aromatic carbocycles. The first-order chi connectivity index (χ1) is 13.4. The molecule has 3 aromatic rings. The van der Waals surface area contributed by atoms with E-state index in [4.69, 9.17) is 0 Å². The molecule has 0 fully saturated rings. The summed E-state index contributed by atoms with van der Waals surface area (Å²) in [5, 5.41) is 16.4. The fourth-order valence-electron chi connectivity index (χ4n) is 3.19. The van der Waals surface area contributed by atoms with Crippen LogP contribution >= 0.6 is 0 Å². The topological polar surface area (TPSA) is 118 Å². The van der Waals surface area contributed by atoms with Gasteiger partial charge in [-0.25, -0.2) is 4.98 Å². The molecule has 28 heavy (non-hydrogen) atoms. The first-order valence-corrected chi connectivity index (χ1v) is 8.86. The Hall–Kier alpha value is -3.62. The Morgan fingerprint density at radius 2 is 2.00 bits per heavy atom. The van der Waals surface area contributed by atoms with Gasteiger partial charge in [0.05, 0.1) is 17.9 Å². The van der Waals surface area contributed by atoms with Gasteiger partial charge >= 0.3 is 0 Å². The van der Waals surface area contributed by atoms with E-state index in [1.165, 1.54) is 0 Å². The molecule has 0 bridgehead atoms. The summed E-state index contributed by atoms with van der Waals surface area (Å²) in [6.07, 6.45) is 0.454. The third-order valence-corrected chi connectivity index (χ3v) is 4.74. The molecule has 144 valence electrons. The van der Waals surface area contributed by atoms with Crippen LogP contribution in [0, 0.1) is 0 Å². The van der Waals surface area contributed by atoms with E-state index in [-0.39, 0.29) is 23.8 Å². The van der Waals surface area contributed by atoms with E-state index < -0.39 is 0 Å². The zero-order chi connectivity index (χ0) is 19.8. The van der Waals surface area contributed by atoms with Crippen LogP contribution in [0.1, 0.15) is 21.7 Å². The van der Waals surface area contributed by atoms with Crippen molar-refractivity contribution in [2.24, 2.45) is 0 Å².